The summed E-state index contributed by atoms with van der Waals surface area (Å²) in [5.74, 6) is 6.16. The zero-order chi connectivity index (χ0) is 12.8. The van der Waals surface area contributed by atoms with E-state index in [2.05, 4.69) is 29.2 Å². The minimum atomic E-state index is -0.397. The summed E-state index contributed by atoms with van der Waals surface area (Å²) in [5, 5.41) is 0. The van der Waals surface area contributed by atoms with E-state index in [1.807, 2.05) is 0 Å². The van der Waals surface area contributed by atoms with Crippen LogP contribution < -0.4 is 21.9 Å². The van der Waals surface area contributed by atoms with Crippen molar-refractivity contribution in [3.63, 3.8) is 0 Å². The third-order valence-corrected chi connectivity index (χ3v) is 2.03. The lowest BCUT2D eigenvalue weighted by Gasteiger charge is -2.24. The van der Waals surface area contributed by atoms with Gasteiger partial charge in [-0.05, 0) is 12.0 Å². The van der Waals surface area contributed by atoms with Gasteiger partial charge >= 0.3 is 0 Å². The molecule has 0 unspecified atom stereocenters. The van der Waals surface area contributed by atoms with Crippen LogP contribution in [0.3, 0.4) is 0 Å². The maximum absolute atomic E-state index is 11.0. The molecule has 94 valence electrons. The van der Waals surface area contributed by atoms with E-state index in [1.54, 1.807) is 17.2 Å². The summed E-state index contributed by atoms with van der Waals surface area (Å²) in [6, 6.07) is 1.71. The highest BCUT2D eigenvalue weighted by Crippen LogP contribution is 2.13. The molecule has 7 heteroatoms. The Balaban J connectivity index is 2.90. The lowest BCUT2D eigenvalue weighted by atomic mass is 10.2. The van der Waals surface area contributed by atoms with Crippen LogP contribution in [-0.2, 0) is 4.79 Å². The number of carbonyl (C=O) groups is 1. The molecule has 1 rings (SSSR count). The quantitative estimate of drug-likeness (QED) is 0.464. The van der Waals surface area contributed by atoms with Crippen LogP contribution in [0.1, 0.15) is 13.8 Å². The Morgan fingerprint density at radius 3 is 2.82 bits per heavy atom. The molecule has 0 atom stereocenters. The van der Waals surface area contributed by atoms with E-state index in [0.717, 1.165) is 0 Å². The predicted octanol–water partition coefficient (Wildman–Crippen LogP) is -0.290. The summed E-state index contributed by atoms with van der Waals surface area (Å²) in [5.41, 5.74) is 7.58. The van der Waals surface area contributed by atoms with E-state index in [4.69, 9.17) is 11.6 Å². The van der Waals surface area contributed by atoms with Gasteiger partial charge in [-0.3, -0.25) is 10.2 Å². The summed E-state index contributed by atoms with van der Waals surface area (Å²) >= 11 is 0. The van der Waals surface area contributed by atoms with Crippen LogP contribution in [0.15, 0.2) is 12.3 Å². The molecule has 1 aromatic rings. The summed E-state index contributed by atoms with van der Waals surface area (Å²) in [6.45, 7) is 4.91. The molecule has 0 radical (unpaired) electrons. The Morgan fingerprint density at radius 2 is 2.29 bits per heavy atom. The summed E-state index contributed by atoms with van der Waals surface area (Å²) in [4.78, 5) is 20.9. The number of nitrogens with one attached hydrogen (secondary N) is 1. The number of aromatic nitrogens is 2. The fourth-order valence-corrected chi connectivity index (χ4v) is 1.46. The van der Waals surface area contributed by atoms with Crippen LogP contribution in [0.4, 0.5) is 11.8 Å². The zero-order valence-electron chi connectivity index (χ0n) is 10.1. The first-order valence-electron chi connectivity index (χ1n) is 5.36. The lowest BCUT2D eigenvalue weighted by Crippen LogP contribution is -2.37. The van der Waals surface area contributed by atoms with Crippen LogP contribution in [-0.4, -0.2) is 29.0 Å². The van der Waals surface area contributed by atoms with Gasteiger partial charge in [-0.15, -0.1) is 0 Å². The fourth-order valence-electron chi connectivity index (χ4n) is 1.46. The normalized spacial score (nSPS) is 10.4. The van der Waals surface area contributed by atoms with Gasteiger partial charge in [0.15, 0.2) is 0 Å². The van der Waals surface area contributed by atoms with Gasteiger partial charge < -0.3 is 10.6 Å². The molecule has 0 bridgehead atoms. The van der Waals surface area contributed by atoms with E-state index in [9.17, 15) is 4.79 Å². The summed E-state index contributed by atoms with van der Waals surface area (Å²) < 4.78 is 0. The Kier molecular flexibility index (Phi) is 4.65. The Hall–Kier alpha value is -1.89. The van der Waals surface area contributed by atoms with Gasteiger partial charge in [0, 0.05) is 12.7 Å². The number of anilines is 2. The smallest absolute Gasteiger partial charge is 0.239 e. The Labute approximate surface area is 100 Å². The number of hydrogen-bond donors (Lipinski definition) is 3. The molecule has 0 saturated heterocycles. The number of hydrogen-bond acceptors (Lipinski definition) is 6. The number of nitrogen functional groups attached to an aromatic ring is 1. The molecule has 0 spiro atoms. The molecule has 1 amide bonds. The molecule has 0 aromatic carbocycles. The maximum atomic E-state index is 11.0. The van der Waals surface area contributed by atoms with Crippen LogP contribution in [0, 0.1) is 5.92 Å². The second-order valence-electron chi connectivity index (χ2n) is 4.12. The molecule has 7 nitrogen and oxygen atoms in total. The van der Waals surface area contributed by atoms with Crippen molar-refractivity contribution in [2.45, 2.75) is 13.8 Å². The average molecular weight is 238 g/mol. The third-order valence-electron chi connectivity index (χ3n) is 2.03. The van der Waals surface area contributed by atoms with Crippen LogP contribution in [0.2, 0.25) is 0 Å². The predicted molar refractivity (Wildman–Crippen MR) is 66.1 cm³/mol. The molecule has 0 fully saturated rings. The minimum Gasteiger partial charge on any atom is -0.368 e. The fraction of sp³-hybridized carbons (Fsp3) is 0.500. The highest BCUT2D eigenvalue weighted by Gasteiger charge is 2.13. The van der Waals surface area contributed by atoms with Crippen molar-refractivity contribution in [3.8, 4) is 0 Å². The van der Waals surface area contributed by atoms with E-state index in [-0.39, 0.29) is 6.54 Å². The minimum absolute atomic E-state index is 0.124. The van der Waals surface area contributed by atoms with E-state index in [0.29, 0.717) is 24.2 Å². The molecule has 0 aliphatic heterocycles. The first-order chi connectivity index (χ1) is 8.02. The summed E-state index contributed by atoms with van der Waals surface area (Å²) in [7, 11) is 0. The van der Waals surface area contributed by atoms with Crippen molar-refractivity contribution >= 4 is 17.7 Å². The van der Waals surface area contributed by atoms with Crippen molar-refractivity contribution in [2.75, 3.05) is 23.4 Å². The van der Waals surface area contributed by atoms with Crippen LogP contribution >= 0.6 is 0 Å². The van der Waals surface area contributed by atoms with Gasteiger partial charge in [0.05, 0.1) is 6.54 Å². The van der Waals surface area contributed by atoms with Crippen molar-refractivity contribution in [1.29, 1.82) is 0 Å². The van der Waals surface area contributed by atoms with Gasteiger partial charge in [-0.1, -0.05) is 13.8 Å². The van der Waals surface area contributed by atoms with Crippen LogP contribution in [0.5, 0.6) is 0 Å². The van der Waals surface area contributed by atoms with Crippen LogP contribution in [0.25, 0.3) is 0 Å². The topological polar surface area (TPSA) is 110 Å². The molecule has 0 aliphatic carbocycles. The largest absolute Gasteiger partial charge is 0.368 e. The highest BCUT2D eigenvalue weighted by atomic mass is 16.1. The maximum Gasteiger partial charge on any atom is 0.239 e. The first-order valence-corrected chi connectivity index (χ1v) is 5.36. The second kappa shape index (κ2) is 6.00. The Morgan fingerprint density at radius 1 is 1.59 bits per heavy atom. The van der Waals surface area contributed by atoms with Gasteiger partial charge in [-0.2, -0.15) is 4.98 Å². The van der Waals surface area contributed by atoms with Crippen molar-refractivity contribution in [1.82, 2.24) is 9.97 Å². The molecular formula is C10H18N6O. The van der Waals surface area contributed by atoms with Crippen molar-refractivity contribution in [2.24, 2.45) is 17.5 Å². The van der Waals surface area contributed by atoms with Crippen molar-refractivity contribution in [3.05, 3.63) is 12.3 Å². The molecule has 0 saturated carbocycles. The first kappa shape index (κ1) is 13.2. The van der Waals surface area contributed by atoms with Crippen molar-refractivity contribution < 1.29 is 4.79 Å². The van der Waals surface area contributed by atoms with Gasteiger partial charge in [0.25, 0.3) is 0 Å². The second-order valence-corrected chi connectivity index (χ2v) is 4.12. The van der Waals surface area contributed by atoms with Gasteiger partial charge in [0.2, 0.25) is 11.9 Å². The zero-order valence-corrected chi connectivity index (χ0v) is 10.1. The standard InChI is InChI=1S/C10H18N6O/c1-7(2)5-16(6-8(11)17)9-3-4-13-10(14-9)15-12/h3-4,7H,5-6,12H2,1-2H3,(H2,11,17)(H,13,14,15). The molecular weight excluding hydrogens is 220 g/mol. The Bertz CT molecular complexity index is 381. The number of rotatable bonds is 6. The van der Waals surface area contributed by atoms with Gasteiger partial charge in [0.1, 0.15) is 5.82 Å². The highest BCUT2D eigenvalue weighted by molar-refractivity contribution is 5.79. The molecule has 0 aliphatic rings. The van der Waals surface area contributed by atoms with E-state index in [1.165, 1.54) is 0 Å². The molecule has 1 heterocycles. The monoisotopic (exact) mass is 238 g/mol. The number of primary amides is 1. The molecule has 17 heavy (non-hydrogen) atoms. The summed E-state index contributed by atoms with van der Waals surface area (Å²) in [6.07, 6.45) is 1.58. The number of hydrazine groups is 1. The average Bonchev–Trinajstić information content (AvgIpc) is 2.27. The molecule has 5 N–H and O–H groups in total. The lowest BCUT2D eigenvalue weighted by molar-refractivity contribution is -0.116. The van der Waals surface area contributed by atoms with E-state index < -0.39 is 5.91 Å². The number of nitrogens with zero attached hydrogens (tertiary/aromatic N) is 3. The third kappa shape index (κ3) is 4.23. The SMILES string of the molecule is CC(C)CN(CC(N)=O)c1ccnc(NN)n1. The number of nitrogens with two attached hydrogens (primary N) is 2. The number of amides is 1. The molecule has 1 aromatic heterocycles. The van der Waals surface area contributed by atoms with E-state index >= 15 is 0 Å². The number of carbonyl (C=O) groups excluding carboxylic acids is 1. The van der Waals surface area contributed by atoms with Gasteiger partial charge in [-0.25, -0.2) is 10.8 Å².